The minimum atomic E-state index is -0.340. The second kappa shape index (κ2) is 5.19. The molecule has 1 aliphatic carbocycles. The monoisotopic (exact) mass is 284 g/mol. The summed E-state index contributed by atoms with van der Waals surface area (Å²) in [7, 11) is 1.64. The van der Waals surface area contributed by atoms with E-state index in [1.807, 2.05) is 18.2 Å². The van der Waals surface area contributed by atoms with Gasteiger partial charge in [-0.2, -0.15) is 0 Å². The van der Waals surface area contributed by atoms with Crippen LogP contribution < -0.4 is 4.74 Å². The number of benzene rings is 1. The molecule has 1 fully saturated rings. The van der Waals surface area contributed by atoms with Crippen molar-refractivity contribution >= 4 is 15.9 Å². The predicted octanol–water partition coefficient (Wildman–Crippen LogP) is 3.68. The summed E-state index contributed by atoms with van der Waals surface area (Å²) in [5, 5.41) is 10.1. The SMILES string of the molecule is COc1ccc(C(O)CC2CCC2)cc1Br. The average Bonchev–Trinajstić information content (AvgIpc) is 2.23. The highest BCUT2D eigenvalue weighted by Crippen LogP contribution is 2.36. The zero-order chi connectivity index (χ0) is 11.5. The highest BCUT2D eigenvalue weighted by Gasteiger charge is 2.22. The molecule has 0 spiro atoms. The summed E-state index contributed by atoms with van der Waals surface area (Å²) in [5.74, 6) is 1.52. The molecule has 1 N–H and O–H groups in total. The summed E-state index contributed by atoms with van der Waals surface area (Å²) in [4.78, 5) is 0. The van der Waals surface area contributed by atoms with Crippen LogP contribution in [0.2, 0.25) is 0 Å². The number of methoxy groups -OCH3 is 1. The van der Waals surface area contributed by atoms with E-state index in [2.05, 4.69) is 15.9 Å². The normalized spacial score (nSPS) is 17.9. The van der Waals surface area contributed by atoms with E-state index in [4.69, 9.17) is 4.74 Å². The molecule has 1 unspecified atom stereocenters. The van der Waals surface area contributed by atoms with Crippen molar-refractivity contribution in [3.63, 3.8) is 0 Å². The van der Waals surface area contributed by atoms with Gasteiger partial charge in [-0.1, -0.05) is 25.3 Å². The number of halogens is 1. The quantitative estimate of drug-likeness (QED) is 0.914. The predicted molar refractivity (Wildman–Crippen MR) is 67.6 cm³/mol. The molecule has 1 saturated carbocycles. The fourth-order valence-corrected chi connectivity index (χ4v) is 2.63. The Kier molecular flexibility index (Phi) is 3.87. The molecular weight excluding hydrogens is 268 g/mol. The van der Waals surface area contributed by atoms with Crippen LogP contribution in [0.5, 0.6) is 5.75 Å². The van der Waals surface area contributed by atoms with Crippen molar-refractivity contribution in [1.29, 1.82) is 0 Å². The van der Waals surface area contributed by atoms with E-state index in [1.54, 1.807) is 7.11 Å². The molecule has 0 aromatic heterocycles. The van der Waals surface area contributed by atoms with Crippen molar-refractivity contribution in [3.05, 3.63) is 28.2 Å². The van der Waals surface area contributed by atoms with Gasteiger partial charge in [0.1, 0.15) is 5.75 Å². The zero-order valence-corrected chi connectivity index (χ0v) is 11.0. The van der Waals surface area contributed by atoms with Gasteiger partial charge in [0.05, 0.1) is 17.7 Å². The Hall–Kier alpha value is -0.540. The van der Waals surface area contributed by atoms with Gasteiger partial charge in [0.15, 0.2) is 0 Å². The molecule has 88 valence electrons. The van der Waals surface area contributed by atoms with E-state index in [-0.39, 0.29) is 6.10 Å². The molecule has 1 aromatic carbocycles. The van der Waals surface area contributed by atoms with Crippen molar-refractivity contribution in [1.82, 2.24) is 0 Å². The average molecular weight is 285 g/mol. The maximum Gasteiger partial charge on any atom is 0.133 e. The number of aliphatic hydroxyl groups excluding tert-OH is 1. The molecule has 0 saturated heterocycles. The van der Waals surface area contributed by atoms with Gasteiger partial charge in [0.25, 0.3) is 0 Å². The number of rotatable bonds is 4. The van der Waals surface area contributed by atoms with E-state index in [9.17, 15) is 5.11 Å². The molecule has 1 aliphatic rings. The number of ether oxygens (including phenoxy) is 1. The van der Waals surface area contributed by atoms with Crippen molar-refractivity contribution < 1.29 is 9.84 Å². The Bertz CT molecular complexity index is 361. The first-order valence-electron chi connectivity index (χ1n) is 5.72. The van der Waals surface area contributed by atoms with Crippen LogP contribution in [0.15, 0.2) is 22.7 Å². The Balaban J connectivity index is 2.04. The second-order valence-electron chi connectivity index (χ2n) is 4.44. The van der Waals surface area contributed by atoms with Crippen LogP contribution in [0.25, 0.3) is 0 Å². The third-order valence-electron chi connectivity index (χ3n) is 3.34. The molecule has 0 bridgehead atoms. The zero-order valence-electron chi connectivity index (χ0n) is 9.45. The highest BCUT2D eigenvalue weighted by atomic mass is 79.9. The fraction of sp³-hybridized carbons (Fsp3) is 0.538. The minimum absolute atomic E-state index is 0.340. The smallest absolute Gasteiger partial charge is 0.133 e. The Morgan fingerprint density at radius 2 is 2.25 bits per heavy atom. The Morgan fingerprint density at radius 3 is 2.75 bits per heavy atom. The molecule has 1 aromatic rings. The summed E-state index contributed by atoms with van der Waals surface area (Å²) in [6, 6.07) is 5.78. The van der Waals surface area contributed by atoms with Gasteiger partial charge in [-0.05, 0) is 46.0 Å². The van der Waals surface area contributed by atoms with Crippen LogP contribution >= 0.6 is 15.9 Å². The largest absolute Gasteiger partial charge is 0.496 e. The summed E-state index contributed by atoms with van der Waals surface area (Å²) in [6.07, 6.45) is 4.41. The van der Waals surface area contributed by atoms with E-state index in [1.165, 1.54) is 19.3 Å². The topological polar surface area (TPSA) is 29.5 Å². The number of aliphatic hydroxyl groups is 1. The summed E-state index contributed by atoms with van der Waals surface area (Å²) >= 11 is 3.44. The molecule has 0 aliphatic heterocycles. The van der Waals surface area contributed by atoms with Gasteiger partial charge in [-0.25, -0.2) is 0 Å². The van der Waals surface area contributed by atoms with Gasteiger partial charge in [-0.3, -0.25) is 0 Å². The molecule has 0 heterocycles. The molecule has 3 heteroatoms. The molecule has 2 rings (SSSR count). The Morgan fingerprint density at radius 1 is 1.50 bits per heavy atom. The van der Waals surface area contributed by atoms with E-state index in [0.29, 0.717) is 0 Å². The van der Waals surface area contributed by atoms with Gasteiger partial charge >= 0.3 is 0 Å². The molecule has 16 heavy (non-hydrogen) atoms. The first kappa shape index (κ1) is 11.9. The second-order valence-corrected chi connectivity index (χ2v) is 5.30. The summed E-state index contributed by atoms with van der Waals surface area (Å²) in [6.45, 7) is 0. The maximum atomic E-state index is 10.1. The molecule has 1 atom stereocenters. The van der Waals surface area contributed by atoms with Crippen LogP contribution in [-0.2, 0) is 0 Å². The summed E-state index contributed by atoms with van der Waals surface area (Å²) in [5.41, 5.74) is 0.972. The van der Waals surface area contributed by atoms with Crippen molar-refractivity contribution in [2.75, 3.05) is 7.11 Å². The number of hydrogen-bond acceptors (Lipinski definition) is 2. The lowest BCUT2D eigenvalue weighted by atomic mass is 9.80. The van der Waals surface area contributed by atoms with Crippen molar-refractivity contribution in [2.24, 2.45) is 5.92 Å². The lowest BCUT2D eigenvalue weighted by Gasteiger charge is -2.27. The third kappa shape index (κ3) is 2.58. The molecule has 0 amide bonds. The third-order valence-corrected chi connectivity index (χ3v) is 3.96. The van der Waals surface area contributed by atoms with Gasteiger partial charge < -0.3 is 9.84 Å². The van der Waals surface area contributed by atoms with Crippen molar-refractivity contribution in [3.8, 4) is 5.75 Å². The fourth-order valence-electron chi connectivity index (χ4n) is 2.07. The van der Waals surface area contributed by atoms with E-state index in [0.717, 1.165) is 28.1 Å². The molecule has 2 nitrogen and oxygen atoms in total. The first-order valence-corrected chi connectivity index (χ1v) is 6.51. The van der Waals surface area contributed by atoms with Crippen LogP contribution in [0, 0.1) is 5.92 Å². The van der Waals surface area contributed by atoms with Crippen molar-refractivity contribution in [2.45, 2.75) is 31.8 Å². The van der Waals surface area contributed by atoms with Crippen LogP contribution in [0.1, 0.15) is 37.4 Å². The van der Waals surface area contributed by atoms with Gasteiger partial charge in [0.2, 0.25) is 0 Å². The molecular formula is C13H17BrO2. The summed E-state index contributed by atoms with van der Waals surface area (Å²) < 4.78 is 6.07. The van der Waals surface area contributed by atoms with Crippen LogP contribution in [0.4, 0.5) is 0 Å². The van der Waals surface area contributed by atoms with Crippen LogP contribution in [-0.4, -0.2) is 12.2 Å². The number of hydrogen-bond donors (Lipinski definition) is 1. The lowest BCUT2D eigenvalue weighted by Crippen LogP contribution is -2.14. The van der Waals surface area contributed by atoms with Gasteiger partial charge in [0, 0.05) is 0 Å². The first-order chi connectivity index (χ1) is 7.70. The van der Waals surface area contributed by atoms with Gasteiger partial charge in [-0.15, -0.1) is 0 Å². The molecule has 0 radical (unpaired) electrons. The van der Waals surface area contributed by atoms with E-state index >= 15 is 0 Å². The highest BCUT2D eigenvalue weighted by molar-refractivity contribution is 9.10. The van der Waals surface area contributed by atoms with Crippen LogP contribution in [0.3, 0.4) is 0 Å². The Labute approximate surface area is 105 Å². The lowest BCUT2D eigenvalue weighted by molar-refractivity contribution is 0.118. The standard InChI is InChI=1S/C13H17BrO2/c1-16-13-6-5-10(8-11(13)14)12(15)7-9-3-2-4-9/h5-6,8-9,12,15H,2-4,7H2,1H3. The maximum absolute atomic E-state index is 10.1. The minimum Gasteiger partial charge on any atom is -0.496 e. The van der Waals surface area contributed by atoms with E-state index < -0.39 is 0 Å².